The Hall–Kier alpha value is -3.12. The van der Waals surface area contributed by atoms with Crippen LogP contribution in [0, 0.1) is 5.41 Å². The normalized spacial score (nSPS) is 14.9. The number of thiol groups is 1. The van der Waals surface area contributed by atoms with Crippen molar-refractivity contribution >= 4 is 53.3 Å². The Morgan fingerprint density at radius 1 is 1.05 bits per heavy atom. The molecule has 1 heterocycles. The highest BCUT2D eigenvalue weighted by Crippen LogP contribution is 2.47. The van der Waals surface area contributed by atoms with Crippen LogP contribution in [-0.2, 0) is 16.8 Å². The number of carboxylic acids is 1. The van der Waals surface area contributed by atoms with Crippen LogP contribution in [0.5, 0.6) is 0 Å². The van der Waals surface area contributed by atoms with Gasteiger partial charge in [-0.15, -0.1) is 0 Å². The molecule has 0 saturated heterocycles. The number of aliphatic carboxylic acids is 1. The molecule has 1 saturated carbocycles. The van der Waals surface area contributed by atoms with Gasteiger partial charge in [0.1, 0.15) is 0 Å². The smallest absolute Gasteiger partial charge is 0.303 e. The number of carbonyl (C=O) groups is 1. The van der Waals surface area contributed by atoms with Crippen molar-refractivity contribution in [2.24, 2.45) is 5.41 Å². The molecule has 6 heteroatoms. The molecule has 1 aliphatic carbocycles. The fraction of sp³-hybridized carbons (Fsp3) is 0.314. The summed E-state index contributed by atoms with van der Waals surface area (Å²) >= 11 is 11.0. The number of hydrogen-bond acceptors (Lipinski definition) is 4. The fourth-order valence-electron chi connectivity index (χ4n) is 4.80. The number of nitrogens with zero attached hydrogens (tertiary/aromatic N) is 1. The van der Waals surface area contributed by atoms with E-state index in [1.807, 2.05) is 69.3 Å². The van der Waals surface area contributed by atoms with E-state index in [0.717, 1.165) is 53.4 Å². The van der Waals surface area contributed by atoms with Crippen LogP contribution in [0.2, 0.25) is 5.02 Å². The standard InChI is InChI=1S/C29H28ClNOS.C6H10O2/c1-29(2,32)26-9-4-3-7-21(26)13-17-28(33)23-8-5-6-20(18-23)10-15-25-16-12-22-11-14-24(30)19-27(22)31-25;1-6(2-3-6)4-5(7)8/h3-12,14-16,18-19,28,32-33H,13,17H2,1-2H3;2-4H2,1H3,(H,7,8)/b15-10+;. The molecule has 41 heavy (non-hydrogen) atoms. The topological polar surface area (TPSA) is 70.4 Å². The highest BCUT2D eigenvalue weighted by molar-refractivity contribution is 7.80. The molecule has 2 N–H and O–H groups in total. The molecule has 1 aromatic heterocycles. The molecule has 1 atom stereocenters. The maximum atomic E-state index is 10.5. The summed E-state index contributed by atoms with van der Waals surface area (Å²) in [5, 5.41) is 20.6. The predicted molar refractivity (Wildman–Crippen MR) is 173 cm³/mol. The van der Waals surface area contributed by atoms with Crippen molar-refractivity contribution in [3.8, 4) is 0 Å². The van der Waals surface area contributed by atoms with E-state index in [4.69, 9.17) is 34.3 Å². The number of rotatable bonds is 9. The average molecular weight is 588 g/mol. The van der Waals surface area contributed by atoms with Gasteiger partial charge in [-0.2, -0.15) is 12.6 Å². The maximum absolute atomic E-state index is 10.5. The molecule has 1 unspecified atom stereocenters. The van der Waals surface area contributed by atoms with Gasteiger partial charge in [-0.1, -0.05) is 85.3 Å². The minimum atomic E-state index is -0.852. The second-order valence-corrected chi connectivity index (χ2v) is 12.8. The Morgan fingerprint density at radius 2 is 1.78 bits per heavy atom. The fourth-order valence-corrected chi connectivity index (χ4v) is 5.26. The molecule has 0 amide bonds. The Labute approximate surface area is 253 Å². The van der Waals surface area contributed by atoms with Crippen molar-refractivity contribution in [1.29, 1.82) is 0 Å². The molecule has 0 spiro atoms. The number of benzene rings is 3. The van der Waals surface area contributed by atoms with Gasteiger partial charge >= 0.3 is 5.97 Å². The third-order valence-electron chi connectivity index (χ3n) is 7.46. The monoisotopic (exact) mass is 587 g/mol. The lowest BCUT2D eigenvalue weighted by Crippen LogP contribution is -2.18. The largest absolute Gasteiger partial charge is 0.481 e. The molecule has 3 aromatic carbocycles. The van der Waals surface area contributed by atoms with Gasteiger partial charge in [0.05, 0.1) is 23.2 Å². The number of hydrogen-bond donors (Lipinski definition) is 3. The summed E-state index contributed by atoms with van der Waals surface area (Å²) in [4.78, 5) is 14.7. The van der Waals surface area contributed by atoms with Crippen LogP contribution in [-0.4, -0.2) is 21.2 Å². The molecule has 0 aliphatic heterocycles. The molecule has 0 radical (unpaired) electrons. The summed E-state index contributed by atoms with van der Waals surface area (Å²) in [5.74, 6) is -0.662. The van der Waals surface area contributed by atoms with Crippen LogP contribution in [0.3, 0.4) is 0 Å². The lowest BCUT2D eigenvalue weighted by molar-refractivity contribution is -0.138. The summed E-state index contributed by atoms with van der Waals surface area (Å²) in [6.45, 7) is 5.68. The van der Waals surface area contributed by atoms with Crippen LogP contribution in [0.4, 0.5) is 0 Å². The van der Waals surface area contributed by atoms with E-state index >= 15 is 0 Å². The van der Waals surface area contributed by atoms with Crippen LogP contribution < -0.4 is 0 Å². The number of aromatic nitrogens is 1. The SMILES string of the molecule is CC(C)(O)c1ccccc1CCC(S)c1cccc(/C=C/c2ccc3ccc(Cl)cc3n2)c1.CC1(CC(=O)O)CC1. The Morgan fingerprint density at radius 3 is 2.46 bits per heavy atom. The lowest BCUT2D eigenvalue weighted by Gasteiger charge is -2.22. The quantitative estimate of drug-likeness (QED) is 0.171. The summed E-state index contributed by atoms with van der Waals surface area (Å²) in [6.07, 6.45) is 8.39. The Kier molecular flexibility index (Phi) is 9.96. The van der Waals surface area contributed by atoms with Crippen LogP contribution in [0.15, 0.2) is 78.9 Å². The Bertz CT molecular complexity index is 1540. The van der Waals surface area contributed by atoms with Gasteiger partial charge < -0.3 is 10.2 Å². The van der Waals surface area contributed by atoms with Crippen molar-refractivity contribution in [1.82, 2.24) is 4.98 Å². The van der Waals surface area contributed by atoms with Crippen molar-refractivity contribution in [2.45, 2.75) is 63.7 Å². The number of fused-ring (bicyclic) bond motifs is 1. The van der Waals surface area contributed by atoms with E-state index in [1.165, 1.54) is 11.1 Å². The Balaban J connectivity index is 0.000000417. The van der Waals surface area contributed by atoms with Crippen molar-refractivity contribution in [2.75, 3.05) is 0 Å². The predicted octanol–water partition coefficient (Wildman–Crippen LogP) is 9.15. The van der Waals surface area contributed by atoms with E-state index in [-0.39, 0.29) is 10.7 Å². The van der Waals surface area contributed by atoms with E-state index in [2.05, 4.69) is 42.5 Å². The molecule has 0 bridgehead atoms. The van der Waals surface area contributed by atoms with Crippen LogP contribution in [0.25, 0.3) is 23.1 Å². The number of aryl methyl sites for hydroxylation is 1. The first-order valence-corrected chi connectivity index (χ1v) is 14.9. The maximum Gasteiger partial charge on any atom is 0.303 e. The third kappa shape index (κ3) is 9.19. The zero-order chi connectivity index (χ0) is 29.6. The molecule has 1 fully saturated rings. The van der Waals surface area contributed by atoms with Gasteiger partial charge in [-0.05, 0) is 91.5 Å². The first-order chi connectivity index (χ1) is 19.4. The molecule has 5 rings (SSSR count). The summed E-state index contributed by atoms with van der Waals surface area (Å²) in [5.41, 5.74) is 5.53. The van der Waals surface area contributed by atoms with Gasteiger partial charge in [0.2, 0.25) is 0 Å². The summed E-state index contributed by atoms with van der Waals surface area (Å²) in [7, 11) is 0. The lowest BCUT2D eigenvalue weighted by atomic mass is 9.90. The van der Waals surface area contributed by atoms with Gasteiger partial charge in [0.15, 0.2) is 0 Å². The molecule has 1 aliphatic rings. The van der Waals surface area contributed by atoms with Crippen LogP contribution in [0.1, 0.15) is 79.7 Å². The number of pyridine rings is 1. The van der Waals surface area contributed by atoms with E-state index in [1.54, 1.807) is 0 Å². The first kappa shape index (κ1) is 30.8. The molecule has 4 aromatic rings. The van der Waals surface area contributed by atoms with Gasteiger partial charge in [0.25, 0.3) is 0 Å². The molecular weight excluding hydrogens is 550 g/mol. The van der Waals surface area contributed by atoms with E-state index < -0.39 is 11.6 Å². The van der Waals surface area contributed by atoms with E-state index in [9.17, 15) is 9.90 Å². The third-order valence-corrected chi connectivity index (χ3v) is 8.25. The minimum absolute atomic E-state index is 0.106. The van der Waals surface area contributed by atoms with Crippen molar-refractivity contribution in [3.05, 3.63) is 112 Å². The summed E-state index contributed by atoms with van der Waals surface area (Å²) in [6, 6.07) is 26.4. The van der Waals surface area contributed by atoms with Gasteiger partial charge in [0, 0.05) is 15.7 Å². The van der Waals surface area contributed by atoms with Gasteiger partial charge in [-0.25, -0.2) is 4.98 Å². The summed E-state index contributed by atoms with van der Waals surface area (Å²) < 4.78 is 0. The number of aliphatic hydroxyl groups is 1. The van der Waals surface area contributed by atoms with Crippen molar-refractivity contribution in [3.63, 3.8) is 0 Å². The van der Waals surface area contributed by atoms with Gasteiger partial charge in [-0.3, -0.25) is 4.79 Å². The van der Waals surface area contributed by atoms with Crippen LogP contribution >= 0.6 is 24.2 Å². The average Bonchev–Trinajstić information content (AvgIpc) is 3.65. The zero-order valence-electron chi connectivity index (χ0n) is 23.8. The zero-order valence-corrected chi connectivity index (χ0v) is 25.5. The number of halogens is 1. The minimum Gasteiger partial charge on any atom is -0.481 e. The molecule has 4 nitrogen and oxygen atoms in total. The van der Waals surface area contributed by atoms with Crippen molar-refractivity contribution < 1.29 is 15.0 Å². The first-order valence-electron chi connectivity index (χ1n) is 14.0. The molecule has 214 valence electrons. The number of carboxylic acid groups (broad SMARTS) is 1. The van der Waals surface area contributed by atoms with E-state index in [0.29, 0.717) is 11.4 Å². The second-order valence-electron chi connectivity index (χ2n) is 11.7. The highest BCUT2D eigenvalue weighted by Gasteiger charge is 2.39. The molecular formula is C35H38ClNO3S. The highest BCUT2D eigenvalue weighted by atomic mass is 35.5. The second kappa shape index (κ2) is 13.2.